The molecule has 1 aliphatic heterocycles. The van der Waals surface area contributed by atoms with Crippen molar-refractivity contribution in [1.82, 2.24) is 9.97 Å². The lowest BCUT2D eigenvalue weighted by Gasteiger charge is -2.36. The summed E-state index contributed by atoms with van der Waals surface area (Å²) in [4.78, 5) is 14.1. The predicted molar refractivity (Wildman–Crippen MR) is 110 cm³/mol. The number of aryl methyl sites for hydroxylation is 2. The van der Waals surface area contributed by atoms with E-state index in [1.54, 1.807) is 0 Å². The summed E-state index contributed by atoms with van der Waals surface area (Å²) in [6.45, 7) is 7.83. The van der Waals surface area contributed by atoms with Gasteiger partial charge in [0.25, 0.3) is 0 Å². The molecule has 0 aliphatic carbocycles. The van der Waals surface area contributed by atoms with E-state index in [0.29, 0.717) is 0 Å². The van der Waals surface area contributed by atoms with Crippen LogP contribution in [0.3, 0.4) is 0 Å². The van der Waals surface area contributed by atoms with E-state index in [0.717, 1.165) is 59.9 Å². The molecule has 1 saturated heterocycles. The molecule has 0 unspecified atom stereocenters. The Balaban J connectivity index is 1.47. The zero-order valence-corrected chi connectivity index (χ0v) is 15.6. The molecule has 1 fully saturated rings. The minimum Gasteiger partial charge on any atom is -0.450 e. The maximum Gasteiger partial charge on any atom is 0.196 e. The molecule has 5 heteroatoms. The minimum atomic E-state index is 0.782. The van der Waals surface area contributed by atoms with E-state index in [1.165, 1.54) is 11.3 Å². The lowest BCUT2D eigenvalue weighted by Crippen LogP contribution is -2.47. The highest BCUT2D eigenvalue weighted by Crippen LogP contribution is 2.33. The molecule has 0 spiro atoms. The van der Waals surface area contributed by atoms with Crippen molar-refractivity contribution >= 4 is 33.6 Å². The molecular formula is C22H22N4O. The number of benzene rings is 2. The van der Waals surface area contributed by atoms with Gasteiger partial charge in [-0.3, -0.25) is 0 Å². The molecule has 2 aromatic carbocycles. The van der Waals surface area contributed by atoms with Crippen LogP contribution in [0.5, 0.6) is 0 Å². The van der Waals surface area contributed by atoms with Gasteiger partial charge in [0.1, 0.15) is 16.9 Å². The number of anilines is 2. The maximum absolute atomic E-state index is 6.14. The van der Waals surface area contributed by atoms with Crippen molar-refractivity contribution in [3.63, 3.8) is 0 Å². The van der Waals surface area contributed by atoms with Gasteiger partial charge >= 0.3 is 0 Å². The van der Waals surface area contributed by atoms with Crippen molar-refractivity contribution < 1.29 is 4.42 Å². The smallest absolute Gasteiger partial charge is 0.196 e. The first-order valence-electron chi connectivity index (χ1n) is 9.41. The Bertz CT molecular complexity index is 1110. The lowest BCUT2D eigenvalue weighted by atomic mass is 10.2. The van der Waals surface area contributed by atoms with Crippen LogP contribution in [-0.4, -0.2) is 36.1 Å². The molecule has 0 radical (unpaired) electrons. The van der Waals surface area contributed by atoms with Crippen molar-refractivity contribution in [3.8, 4) is 0 Å². The molecule has 0 amide bonds. The van der Waals surface area contributed by atoms with Gasteiger partial charge in [-0.1, -0.05) is 29.8 Å². The molecule has 4 aromatic rings. The topological polar surface area (TPSA) is 45.4 Å². The van der Waals surface area contributed by atoms with Crippen LogP contribution in [0.4, 0.5) is 11.5 Å². The van der Waals surface area contributed by atoms with E-state index in [4.69, 9.17) is 9.40 Å². The highest BCUT2D eigenvalue weighted by molar-refractivity contribution is 6.05. The van der Waals surface area contributed by atoms with E-state index in [1.807, 2.05) is 25.1 Å². The molecular weight excluding hydrogens is 336 g/mol. The molecule has 0 atom stereocenters. The fourth-order valence-electron chi connectivity index (χ4n) is 3.83. The average molecular weight is 358 g/mol. The third-order valence-corrected chi connectivity index (χ3v) is 5.29. The van der Waals surface area contributed by atoms with Crippen molar-refractivity contribution in [2.45, 2.75) is 13.8 Å². The summed E-state index contributed by atoms with van der Waals surface area (Å²) in [6, 6.07) is 16.8. The zero-order valence-electron chi connectivity index (χ0n) is 15.6. The summed E-state index contributed by atoms with van der Waals surface area (Å²) in [5.74, 6) is 1.70. The van der Waals surface area contributed by atoms with E-state index in [-0.39, 0.29) is 0 Å². The first kappa shape index (κ1) is 16.1. The summed E-state index contributed by atoms with van der Waals surface area (Å²) in [6.07, 6.45) is 0. The normalized spacial score (nSPS) is 15.0. The van der Waals surface area contributed by atoms with Crippen molar-refractivity contribution in [2.24, 2.45) is 0 Å². The van der Waals surface area contributed by atoms with Crippen LogP contribution in [0.2, 0.25) is 0 Å². The maximum atomic E-state index is 6.14. The fraction of sp³-hybridized carbons (Fsp3) is 0.273. The van der Waals surface area contributed by atoms with Gasteiger partial charge in [0.15, 0.2) is 11.4 Å². The molecule has 0 saturated carbocycles. The fourth-order valence-corrected chi connectivity index (χ4v) is 3.83. The van der Waals surface area contributed by atoms with E-state index < -0.39 is 0 Å². The van der Waals surface area contributed by atoms with Crippen LogP contribution in [-0.2, 0) is 0 Å². The molecule has 2 aromatic heterocycles. The molecule has 5 rings (SSSR count). The molecule has 5 nitrogen and oxygen atoms in total. The summed E-state index contributed by atoms with van der Waals surface area (Å²) in [7, 11) is 0. The molecule has 0 N–H and O–H groups in total. The van der Waals surface area contributed by atoms with Crippen LogP contribution >= 0.6 is 0 Å². The third kappa shape index (κ3) is 2.79. The predicted octanol–water partition coefficient (Wildman–Crippen LogP) is 4.32. The Kier molecular flexibility index (Phi) is 3.74. The molecule has 3 heterocycles. The number of hydrogen-bond acceptors (Lipinski definition) is 5. The van der Waals surface area contributed by atoms with Gasteiger partial charge in [-0.05, 0) is 38.1 Å². The second-order valence-electron chi connectivity index (χ2n) is 7.18. The molecule has 27 heavy (non-hydrogen) atoms. The number of para-hydroxylation sites is 1. The Morgan fingerprint density at radius 2 is 1.52 bits per heavy atom. The molecule has 0 bridgehead atoms. The Morgan fingerprint density at radius 3 is 2.30 bits per heavy atom. The van der Waals surface area contributed by atoms with Gasteiger partial charge in [-0.2, -0.15) is 0 Å². The Labute approximate surface area is 158 Å². The van der Waals surface area contributed by atoms with E-state index in [9.17, 15) is 0 Å². The standard InChI is InChI=1S/C22H22N4O/c1-15-7-9-17(10-8-15)25-11-13-26(14-12-25)22-21-20(23-16(2)24-22)18-5-3-4-6-19(18)27-21/h3-10H,11-14H2,1-2H3. The number of rotatable bonds is 2. The first-order valence-corrected chi connectivity index (χ1v) is 9.41. The summed E-state index contributed by atoms with van der Waals surface area (Å²) in [5.41, 5.74) is 5.15. The second kappa shape index (κ2) is 6.27. The molecule has 1 aliphatic rings. The van der Waals surface area contributed by atoms with Crippen LogP contribution < -0.4 is 9.80 Å². The summed E-state index contributed by atoms with van der Waals surface area (Å²) < 4.78 is 6.14. The van der Waals surface area contributed by atoms with E-state index in [2.05, 4.69) is 52.0 Å². The van der Waals surface area contributed by atoms with Crippen LogP contribution in [0.25, 0.3) is 22.1 Å². The number of hydrogen-bond donors (Lipinski definition) is 0. The van der Waals surface area contributed by atoms with Crippen molar-refractivity contribution in [3.05, 3.63) is 59.9 Å². The number of fused-ring (bicyclic) bond motifs is 3. The number of aromatic nitrogens is 2. The van der Waals surface area contributed by atoms with Crippen molar-refractivity contribution in [1.29, 1.82) is 0 Å². The Hall–Kier alpha value is -3.08. The van der Waals surface area contributed by atoms with Crippen LogP contribution in [0, 0.1) is 13.8 Å². The quantitative estimate of drug-likeness (QED) is 0.534. The Morgan fingerprint density at radius 1 is 0.815 bits per heavy atom. The number of nitrogens with zero attached hydrogens (tertiary/aromatic N) is 4. The van der Waals surface area contributed by atoms with Gasteiger partial charge in [-0.25, -0.2) is 9.97 Å². The van der Waals surface area contributed by atoms with Gasteiger partial charge in [-0.15, -0.1) is 0 Å². The summed E-state index contributed by atoms with van der Waals surface area (Å²) >= 11 is 0. The monoisotopic (exact) mass is 358 g/mol. The molecule has 136 valence electrons. The lowest BCUT2D eigenvalue weighted by molar-refractivity contribution is 0.628. The largest absolute Gasteiger partial charge is 0.450 e. The number of furan rings is 1. The summed E-state index contributed by atoms with van der Waals surface area (Å²) in [5, 5.41) is 1.05. The second-order valence-corrected chi connectivity index (χ2v) is 7.18. The van der Waals surface area contributed by atoms with Gasteiger partial charge in [0.2, 0.25) is 0 Å². The SMILES string of the molecule is Cc1ccc(N2CCN(c3nc(C)nc4c3oc3ccccc34)CC2)cc1. The van der Waals surface area contributed by atoms with E-state index >= 15 is 0 Å². The van der Waals surface area contributed by atoms with Crippen LogP contribution in [0.1, 0.15) is 11.4 Å². The number of piperazine rings is 1. The average Bonchev–Trinajstić information content (AvgIpc) is 3.07. The highest BCUT2D eigenvalue weighted by atomic mass is 16.3. The zero-order chi connectivity index (χ0) is 18.4. The first-order chi connectivity index (χ1) is 13.2. The van der Waals surface area contributed by atoms with Crippen molar-refractivity contribution in [2.75, 3.05) is 36.0 Å². The van der Waals surface area contributed by atoms with Gasteiger partial charge < -0.3 is 14.2 Å². The third-order valence-electron chi connectivity index (χ3n) is 5.29. The van der Waals surface area contributed by atoms with Gasteiger partial charge in [0, 0.05) is 37.3 Å². The van der Waals surface area contributed by atoms with Crippen LogP contribution in [0.15, 0.2) is 52.9 Å². The highest BCUT2D eigenvalue weighted by Gasteiger charge is 2.23. The minimum absolute atomic E-state index is 0.782. The van der Waals surface area contributed by atoms with Gasteiger partial charge in [0.05, 0.1) is 0 Å².